The van der Waals surface area contributed by atoms with Gasteiger partial charge in [0.25, 0.3) is 11.6 Å². The van der Waals surface area contributed by atoms with E-state index in [1.807, 2.05) is 6.07 Å². The summed E-state index contributed by atoms with van der Waals surface area (Å²) in [6.45, 7) is 3.56. The molecule has 0 atom stereocenters. The minimum atomic E-state index is -0.604. The number of amides is 1. The first-order chi connectivity index (χ1) is 14.3. The smallest absolute Gasteiger partial charge is 0.270 e. The zero-order valence-electron chi connectivity index (χ0n) is 16.1. The average Bonchev–Trinajstić information content (AvgIpc) is 3.18. The Hall–Kier alpha value is -3.89. The number of carbonyl (C=O) groups is 1. The highest BCUT2D eigenvalue weighted by molar-refractivity contribution is 6.31. The molecule has 3 aromatic rings. The molecule has 30 heavy (non-hydrogen) atoms. The van der Waals surface area contributed by atoms with Crippen LogP contribution in [0.1, 0.15) is 16.9 Å². The first-order valence-corrected chi connectivity index (χ1v) is 9.21. The number of nitro groups is 1. The number of non-ortho nitro benzene ring substituents is 1. The molecule has 0 saturated heterocycles. The lowest BCUT2D eigenvalue weighted by atomic mass is 10.1. The summed E-state index contributed by atoms with van der Waals surface area (Å²) >= 11 is 6.06. The number of rotatable bonds is 5. The summed E-state index contributed by atoms with van der Waals surface area (Å²) in [5.74, 6) is 0.0589. The second-order valence-electron chi connectivity index (χ2n) is 6.49. The van der Waals surface area contributed by atoms with E-state index in [-0.39, 0.29) is 17.0 Å². The maximum Gasteiger partial charge on any atom is 0.270 e. The van der Waals surface area contributed by atoms with Crippen LogP contribution in [0.4, 0.5) is 11.4 Å². The molecule has 0 aliphatic carbocycles. The van der Waals surface area contributed by atoms with Crippen molar-refractivity contribution in [1.82, 2.24) is 0 Å². The van der Waals surface area contributed by atoms with Crippen LogP contribution in [-0.2, 0) is 4.79 Å². The van der Waals surface area contributed by atoms with Gasteiger partial charge < -0.3 is 9.73 Å². The molecule has 1 heterocycles. The molecule has 8 heteroatoms. The molecule has 0 spiro atoms. The molecule has 1 amide bonds. The lowest BCUT2D eigenvalue weighted by Crippen LogP contribution is -2.14. The highest BCUT2D eigenvalue weighted by Gasteiger charge is 2.15. The SMILES string of the molecule is Cc1ccc([N+](=O)[O-])cc1-c1ccc(/C=C(\C#N)C(=O)Nc2cccc(Cl)c2C)o1. The minimum Gasteiger partial charge on any atom is -0.457 e. The van der Waals surface area contributed by atoms with E-state index in [2.05, 4.69) is 5.32 Å². The van der Waals surface area contributed by atoms with Crippen molar-refractivity contribution in [1.29, 1.82) is 5.26 Å². The molecule has 2 aromatic carbocycles. The largest absolute Gasteiger partial charge is 0.457 e. The molecular formula is C22H16ClN3O4. The van der Waals surface area contributed by atoms with Crippen LogP contribution in [0.25, 0.3) is 17.4 Å². The Morgan fingerprint density at radius 2 is 2.00 bits per heavy atom. The number of nitrogens with one attached hydrogen (secondary N) is 1. The zero-order valence-corrected chi connectivity index (χ0v) is 16.9. The zero-order chi connectivity index (χ0) is 21.8. The Morgan fingerprint density at radius 1 is 1.23 bits per heavy atom. The van der Waals surface area contributed by atoms with Crippen molar-refractivity contribution in [2.45, 2.75) is 13.8 Å². The van der Waals surface area contributed by atoms with Gasteiger partial charge in [0.1, 0.15) is 23.2 Å². The lowest BCUT2D eigenvalue weighted by molar-refractivity contribution is -0.384. The number of nitro benzene ring substituents is 1. The van der Waals surface area contributed by atoms with E-state index < -0.39 is 10.8 Å². The number of anilines is 1. The van der Waals surface area contributed by atoms with Gasteiger partial charge in [-0.05, 0) is 49.2 Å². The fraction of sp³-hybridized carbons (Fsp3) is 0.0909. The number of nitriles is 1. The summed E-state index contributed by atoms with van der Waals surface area (Å²) in [5.41, 5.74) is 2.32. The molecule has 0 bridgehead atoms. The normalized spacial score (nSPS) is 11.1. The summed E-state index contributed by atoms with van der Waals surface area (Å²) in [6.07, 6.45) is 1.31. The maximum atomic E-state index is 12.5. The van der Waals surface area contributed by atoms with Crippen molar-refractivity contribution in [3.8, 4) is 17.4 Å². The predicted octanol–water partition coefficient (Wildman–Crippen LogP) is 5.67. The third-order valence-corrected chi connectivity index (χ3v) is 4.90. The third-order valence-electron chi connectivity index (χ3n) is 4.49. The number of benzene rings is 2. The van der Waals surface area contributed by atoms with E-state index >= 15 is 0 Å². The monoisotopic (exact) mass is 421 g/mol. The Morgan fingerprint density at radius 3 is 2.70 bits per heavy atom. The van der Waals surface area contributed by atoms with Crippen LogP contribution in [0, 0.1) is 35.3 Å². The van der Waals surface area contributed by atoms with Gasteiger partial charge in [-0.1, -0.05) is 23.7 Å². The molecule has 1 N–H and O–H groups in total. The van der Waals surface area contributed by atoms with Gasteiger partial charge in [-0.25, -0.2) is 0 Å². The van der Waals surface area contributed by atoms with Crippen LogP contribution in [-0.4, -0.2) is 10.8 Å². The molecule has 7 nitrogen and oxygen atoms in total. The van der Waals surface area contributed by atoms with Crippen LogP contribution in [0.3, 0.4) is 0 Å². The molecule has 0 aliphatic rings. The number of furan rings is 1. The Kier molecular flexibility index (Phi) is 6.00. The van der Waals surface area contributed by atoms with Crippen molar-refractivity contribution in [3.05, 3.63) is 86.1 Å². The predicted molar refractivity (Wildman–Crippen MR) is 114 cm³/mol. The number of aryl methyl sites for hydroxylation is 1. The number of carbonyl (C=O) groups excluding carboxylic acids is 1. The van der Waals surface area contributed by atoms with Crippen LogP contribution in [0.15, 0.2) is 58.5 Å². The van der Waals surface area contributed by atoms with E-state index in [0.717, 1.165) is 5.56 Å². The average molecular weight is 422 g/mol. The van der Waals surface area contributed by atoms with Gasteiger partial charge in [0, 0.05) is 34.5 Å². The number of nitrogens with zero attached hydrogens (tertiary/aromatic N) is 2. The highest BCUT2D eigenvalue weighted by atomic mass is 35.5. The topological polar surface area (TPSA) is 109 Å². The summed E-state index contributed by atoms with van der Waals surface area (Å²) in [5, 5.41) is 23.6. The maximum absolute atomic E-state index is 12.5. The molecule has 3 rings (SSSR count). The molecule has 0 fully saturated rings. The van der Waals surface area contributed by atoms with E-state index in [1.165, 1.54) is 18.2 Å². The summed E-state index contributed by atoms with van der Waals surface area (Å²) < 4.78 is 5.71. The number of hydrogen-bond acceptors (Lipinski definition) is 5. The van der Waals surface area contributed by atoms with Crippen LogP contribution in [0.5, 0.6) is 0 Å². The fourth-order valence-electron chi connectivity index (χ4n) is 2.79. The third kappa shape index (κ3) is 4.40. The Labute approximate surface area is 177 Å². The van der Waals surface area contributed by atoms with Gasteiger partial charge in [0.05, 0.1) is 4.92 Å². The Balaban J connectivity index is 1.88. The van der Waals surface area contributed by atoms with E-state index in [1.54, 1.807) is 50.2 Å². The van der Waals surface area contributed by atoms with E-state index in [4.69, 9.17) is 16.0 Å². The molecule has 0 unspecified atom stereocenters. The lowest BCUT2D eigenvalue weighted by Gasteiger charge is -2.08. The fourth-order valence-corrected chi connectivity index (χ4v) is 2.96. The van der Waals surface area contributed by atoms with Crippen LogP contribution >= 0.6 is 11.6 Å². The van der Waals surface area contributed by atoms with Crippen LogP contribution < -0.4 is 5.32 Å². The van der Waals surface area contributed by atoms with Crippen molar-refractivity contribution in [2.75, 3.05) is 5.32 Å². The standard InChI is InChI=1S/C22H16ClN3O4/c1-13-6-7-16(26(28)29)11-18(13)21-9-8-17(30-21)10-15(12-24)22(27)25-20-5-3-4-19(23)14(20)2/h3-11H,1-2H3,(H,25,27)/b15-10+. The van der Waals surface area contributed by atoms with Gasteiger partial charge in [-0.2, -0.15) is 5.26 Å². The van der Waals surface area contributed by atoms with E-state index in [0.29, 0.717) is 27.6 Å². The van der Waals surface area contributed by atoms with Crippen LogP contribution in [0.2, 0.25) is 5.02 Å². The van der Waals surface area contributed by atoms with E-state index in [9.17, 15) is 20.2 Å². The van der Waals surface area contributed by atoms with Crippen molar-refractivity contribution in [2.24, 2.45) is 0 Å². The van der Waals surface area contributed by atoms with Gasteiger partial charge in [-0.3, -0.25) is 14.9 Å². The minimum absolute atomic E-state index is 0.0573. The van der Waals surface area contributed by atoms with Crippen molar-refractivity contribution in [3.63, 3.8) is 0 Å². The summed E-state index contributed by atoms with van der Waals surface area (Å²) in [7, 11) is 0. The molecule has 0 aliphatic heterocycles. The van der Waals surface area contributed by atoms with Gasteiger partial charge in [-0.15, -0.1) is 0 Å². The summed E-state index contributed by atoms with van der Waals surface area (Å²) in [4.78, 5) is 23.0. The van der Waals surface area contributed by atoms with Crippen molar-refractivity contribution >= 4 is 35.0 Å². The first-order valence-electron chi connectivity index (χ1n) is 8.83. The quantitative estimate of drug-likeness (QED) is 0.247. The van der Waals surface area contributed by atoms with Crippen molar-refractivity contribution < 1.29 is 14.1 Å². The van der Waals surface area contributed by atoms with Gasteiger partial charge in [0.2, 0.25) is 0 Å². The Bertz CT molecular complexity index is 1220. The second kappa shape index (κ2) is 8.64. The first kappa shape index (κ1) is 20.8. The molecule has 0 saturated carbocycles. The van der Waals surface area contributed by atoms with Gasteiger partial charge in [0.15, 0.2) is 0 Å². The number of hydrogen-bond donors (Lipinski definition) is 1. The molecule has 1 aromatic heterocycles. The molecular weight excluding hydrogens is 406 g/mol. The highest BCUT2D eigenvalue weighted by Crippen LogP contribution is 2.30. The second-order valence-corrected chi connectivity index (χ2v) is 6.90. The molecule has 0 radical (unpaired) electrons. The summed E-state index contributed by atoms with van der Waals surface area (Å²) in [6, 6.07) is 14.6. The number of halogens is 1. The molecule has 150 valence electrons. The van der Waals surface area contributed by atoms with Gasteiger partial charge >= 0.3 is 0 Å².